The fourth-order valence-electron chi connectivity index (χ4n) is 2.13. The molecule has 0 aliphatic carbocycles. The molecule has 0 aliphatic heterocycles. The minimum absolute atomic E-state index is 0.186. The number of benzene rings is 2. The van der Waals surface area contributed by atoms with Crippen molar-refractivity contribution in [1.82, 2.24) is 0 Å². The fourth-order valence-corrected chi connectivity index (χ4v) is 3.79. The van der Waals surface area contributed by atoms with Crippen LogP contribution in [0.3, 0.4) is 0 Å². The Kier molecular flexibility index (Phi) is 5.39. The molecule has 0 atom stereocenters. The third-order valence-corrected chi connectivity index (χ3v) is 5.12. The Labute approximate surface area is 127 Å². The summed E-state index contributed by atoms with van der Waals surface area (Å²) in [6.45, 7) is 2.37. The van der Waals surface area contributed by atoms with Crippen molar-refractivity contribution >= 4 is 15.7 Å². The first kappa shape index (κ1) is 15.6. The fraction of sp³-hybridized carbons (Fsp3) is 0.294. The molecule has 0 aliphatic rings. The largest absolute Gasteiger partial charge is 0.266 e. The molecule has 2 rings (SSSR count). The van der Waals surface area contributed by atoms with E-state index >= 15 is 0 Å². The van der Waals surface area contributed by atoms with Gasteiger partial charge in [0.25, 0.3) is 0 Å². The lowest BCUT2D eigenvalue weighted by atomic mass is 10.2. The van der Waals surface area contributed by atoms with Crippen LogP contribution < -0.4 is 4.31 Å². The molecule has 0 amide bonds. The highest BCUT2D eigenvalue weighted by atomic mass is 32.2. The van der Waals surface area contributed by atoms with Crippen molar-refractivity contribution in [3.05, 3.63) is 66.2 Å². The third-order valence-electron chi connectivity index (χ3n) is 3.30. The molecular weight excluding hydrogens is 282 g/mol. The van der Waals surface area contributed by atoms with E-state index in [0.717, 1.165) is 17.7 Å². The van der Waals surface area contributed by atoms with Crippen LogP contribution in [0.5, 0.6) is 0 Å². The first-order valence-electron chi connectivity index (χ1n) is 7.23. The van der Waals surface area contributed by atoms with E-state index in [-0.39, 0.29) is 5.75 Å². The molecule has 3 nitrogen and oxygen atoms in total. The second-order valence-electron chi connectivity index (χ2n) is 5.00. The predicted octanol–water partition coefficient (Wildman–Crippen LogP) is 3.82. The maximum absolute atomic E-state index is 12.6. The lowest BCUT2D eigenvalue weighted by Gasteiger charge is -2.24. The number of anilines is 1. The van der Waals surface area contributed by atoms with Crippen LogP contribution in [0.25, 0.3) is 0 Å². The van der Waals surface area contributed by atoms with Crippen molar-refractivity contribution in [3.8, 4) is 0 Å². The molecule has 0 radical (unpaired) electrons. The molecule has 0 heterocycles. The summed E-state index contributed by atoms with van der Waals surface area (Å²) in [5, 5.41) is 0. The van der Waals surface area contributed by atoms with Crippen molar-refractivity contribution < 1.29 is 8.42 Å². The SMILES string of the molecule is CCCCS(=O)(=O)N(Cc1ccccc1)c1ccccc1. The van der Waals surface area contributed by atoms with Crippen molar-refractivity contribution in [2.45, 2.75) is 26.3 Å². The summed E-state index contributed by atoms with van der Waals surface area (Å²) in [5.41, 5.74) is 1.71. The lowest BCUT2D eigenvalue weighted by Crippen LogP contribution is -2.32. The van der Waals surface area contributed by atoms with Crippen LogP contribution in [0.1, 0.15) is 25.3 Å². The summed E-state index contributed by atoms with van der Waals surface area (Å²) in [7, 11) is -3.30. The van der Waals surface area contributed by atoms with Gasteiger partial charge in [0.2, 0.25) is 10.0 Å². The van der Waals surface area contributed by atoms with Crippen molar-refractivity contribution in [3.63, 3.8) is 0 Å². The Morgan fingerprint density at radius 1 is 0.905 bits per heavy atom. The highest BCUT2D eigenvalue weighted by Crippen LogP contribution is 2.21. The van der Waals surface area contributed by atoms with Crippen LogP contribution in [0.2, 0.25) is 0 Å². The Morgan fingerprint density at radius 3 is 2.05 bits per heavy atom. The van der Waals surface area contributed by atoms with Gasteiger partial charge in [0.05, 0.1) is 18.0 Å². The summed E-state index contributed by atoms with van der Waals surface area (Å²) in [4.78, 5) is 0. The molecule has 4 heteroatoms. The van der Waals surface area contributed by atoms with Gasteiger partial charge in [-0.15, -0.1) is 0 Å². The molecule has 0 saturated carbocycles. The van der Waals surface area contributed by atoms with E-state index in [1.165, 1.54) is 4.31 Å². The van der Waals surface area contributed by atoms with Gasteiger partial charge in [-0.3, -0.25) is 4.31 Å². The van der Waals surface area contributed by atoms with Gasteiger partial charge >= 0.3 is 0 Å². The standard InChI is InChI=1S/C17H21NO2S/c1-2-3-14-21(19,20)18(17-12-8-5-9-13-17)15-16-10-6-4-7-11-16/h4-13H,2-3,14-15H2,1H3. The van der Waals surface area contributed by atoms with Crippen LogP contribution in [-0.4, -0.2) is 14.2 Å². The molecule has 0 spiro atoms. The molecule has 0 saturated heterocycles. The topological polar surface area (TPSA) is 37.4 Å². The summed E-state index contributed by atoms with van der Waals surface area (Å²) >= 11 is 0. The highest BCUT2D eigenvalue weighted by Gasteiger charge is 2.21. The van der Waals surface area contributed by atoms with E-state index in [4.69, 9.17) is 0 Å². The minimum Gasteiger partial charge on any atom is -0.266 e. The van der Waals surface area contributed by atoms with Crippen LogP contribution in [0.4, 0.5) is 5.69 Å². The van der Waals surface area contributed by atoms with Gasteiger partial charge in [-0.1, -0.05) is 61.9 Å². The summed E-state index contributed by atoms with van der Waals surface area (Å²) < 4.78 is 26.8. The Bertz CT molecular complexity index is 639. The zero-order valence-electron chi connectivity index (χ0n) is 12.3. The molecule has 0 fully saturated rings. The smallest absolute Gasteiger partial charge is 0.235 e. The number of hydrogen-bond acceptors (Lipinski definition) is 2. The minimum atomic E-state index is -3.30. The van der Waals surface area contributed by atoms with Gasteiger partial charge in [0, 0.05) is 0 Å². The van der Waals surface area contributed by atoms with Gasteiger partial charge in [0.1, 0.15) is 0 Å². The summed E-state index contributed by atoms with van der Waals surface area (Å²) in [6, 6.07) is 19.0. The van der Waals surface area contributed by atoms with E-state index < -0.39 is 10.0 Å². The monoisotopic (exact) mass is 303 g/mol. The quantitative estimate of drug-likeness (QED) is 0.779. The molecule has 0 unspecified atom stereocenters. The highest BCUT2D eigenvalue weighted by molar-refractivity contribution is 7.92. The average Bonchev–Trinajstić information content (AvgIpc) is 2.52. The number of sulfonamides is 1. The van der Waals surface area contributed by atoms with Crippen molar-refractivity contribution in [2.75, 3.05) is 10.1 Å². The molecule has 0 N–H and O–H groups in total. The molecular formula is C17H21NO2S. The Morgan fingerprint density at radius 2 is 1.48 bits per heavy atom. The number of rotatable bonds is 7. The van der Waals surface area contributed by atoms with Crippen LogP contribution in [0, 0.1) is 0 Å². The van der Waals surface area contributed by atoms with E-state index in [2.05, 4.69) is 0 Å². The number of unbranched alkanes of at least 4 members (excludes halogenated alkanes) is 1. The molecule has 112 valence electrons. The second-order valence-corrected chi connectivity index (χ2v) is 7.01. The molecule has 0 aromatic heterocycles. The zero-order valence-corrected chi connectivity index (χ0v) is 13.1. The van der Waals surface area contributed by atoms with Crippen LogP contribution >= 0.6 is 0 Å². The lowest BCUT2D eigenvalue weighted by molar-refractivity contribution is 0.587. The third kappa shape index (κ3) is 4.33. The second kappa shape index (κ2) is 7.27. The molecule has 0 bridgehead atoms. The normalized spacial score (nSPS) is 11.3. The van der Waals surface area contributed by atoms with E-state index in [0.29, 0.717) is 13.0 Å². The molecule has 2 aromatic carbocycles. The zero-order chi connectivity index (χ0) is 15.1. The Balaban J connectivity index is 2.31. The van der Waals surface area contributed by atoms with Crippen LogP contribution in [-0.2, 0) is 16.6 Å². The van der Waals surface area contributed by atoms with Gasteiger partial charge in [0.15, 0.2) is 0 Å². The van der Waals surface area contributed by atoms with E-state index in [9.17, 15) is 8.42 Å². The van der Waals surface area contributed by atoms with Crippen molar-refractivity contribution in [2.24, 2.45) is 0 Å². The first-order chi connectivity index (χ1) is 10.1. The maximum atomic E-state index is 12.6. The summed E-state index contributed by atoms with van der Waals surface area (Å²) in [6.07, 6.45) is 1.55. The van der Waals surface area contributed by atoms with Crippen molar-refractivity contribution in [1.29, 1.82) is 0 Å². The first-order valence-corrected chi connectivity index (χ1v) is 8.84. The van der Waals surface area contributed by atoms with Gasteiger partial charge in [-0.2, -0.15) is 0 Å². The summed E-state index contributed by atoms with van der Waals surface area (Å²) in [5.74, 6) is 0.186. The average molecular weight is 303 g/mol. The maximum Gasteiger partial charge on any atom is 0.235 e. The number of hydrogen-bond donors (Lipinski definition) is 0. The molecule has 2 aromatic rings. The number of nitrogens with zero attached hydrogens (tertiary/aromatic N) is 1. The van der Waals surface area contributed by atoms with Crippen LogP contribution in [0.15, 0.2) is 60.7 Å². The number of para-hydroxylation sites is 1. The van der Waals surface area contributed by atoms with Gasteiger partial charge < -0.3 is 0 Å². The Hall–Kier alpha value is -1.81. The van der Waals surface area contributed by atoms with Gasteiger partial charge in [-0.25, -0.2) is 8.42 Å². The predicted molar refractivity (Wildman–Crippen MR) is 87.8 cm³/mol. The molecule has 21 heavy (non-hydrogen) atoms. The van der Waals surface area contributed by atoms with E-state index in [1.54, 1.807) is 0 Å². The van der Waals surface area contributed by atoms with E-state index in [1.807, 2.05) is 67.6 Å². The van der Waals surface area contributed by atoms with Gasteiger partial charge in [-0.05, 0) is 24.1 Å².